The molecule has 0 aliphatic carbocycles. The molecule has 2 aromatic rings. The van der Waals surface area contributed by atoms with Crippen LogP contribution < -0.4 is 9.47 Å². The highest BCUT2D eigenvalue weighted by Gasteiger charge is 2.13. The maximum atomic E-state index is 5.73. The van der Waals surface area contributed by atoms with Gasteiger partial charge in [0.15, 0.2) is 11.5 Å². The average molecular weight is 369 g/mol. The predicted molar refractivity (Wildman–Crippen MR) is 87.3 cm³/mol. The molecule has 0 bridgehead atoms. The van der Waals surface area contributed by atoms with Crippen LogP contribution in [0.2, 0.25) is 0 Å². The number of hydrogen-bond donors (Lipinski definition) is 0. The Morgan fingerprint density at radius 3 is 2.76 bits per heavy atom. The first-order valence-corrected chi connectivity index (χ1v) is 8.63. The van der Waals surface area contributed by atoms with E-state index in [0.29, 0.717) is 6.61 Å². The van der Waals surface area contributed by atoms with Crippen LogP contribution in [0.4, 0.5) is 0 Å². The molecule has 0 saturated heterocycles. The summed E-state index contributed by atoms with van der Waals surface area (Å²) < 4.78 is 14.4. The molecule has 0 unspecified atom stereocenters. The van der Waals surface area contributed by atoms with Crippen molar-refractivity contribution in [2.24, 2.45) is 7.05 Å². The van der Waals surface area contributed by atoms with Crippen LogP contribution >= 0.6 is 27.7 Å². The zero-order chi connectivity index (χ0) is 14.8. The molecule has 21 heavy (non-hydrogen) atoms. The number of ether oxygens (including phenoxy) is 2. The van der Waals surface area contributed by atoms with Gasteiger partial charge in [-0.1, -0.05) is 0 Å². The predicted octanol–water partition coefficient (Wildman–Crippen LogP) is 3.94. The quantitative estimate of drug-likeness (QED) is 0.768. The second-order valence-electron chi connectivity index (χ2n) is 4.92. The van der Waals surface area contributed by atoms with Gasteiger partial charge in [0.2, 0.25) is 0 Å². The summed E-state index contributed by atoms with van der Waals surface area (Å²) in [5.41, 5.74) is 2.20. The maximum absolute atomic E-state index is 5.73. The Morgan fingerprint density at radius 2 is 2.05 bits per heavy atom. The molecule has 0 amide bonds. The molecule has 4 nitrogen and oxygen atoms in total. The van der Waals surface area contributed by atoms with Crippen LogP contribution in [-0.2, 0) is 12.8 Å². The average Bonchev–Trinajstić information content (AvgIpc) is 2.66. The molecule has 1 aromatic carbocycles. The third-order valence-electron chi connectivity index (χ3n) is 3.36. The zero-order valence-electron chi connectivity index (χ0n) is 12.1. The number of fused-ring (bicyclic) bond motifs is 1. The summed E-state index contributed by atoms with van der Waals surface area (Å²) >= 11 is 5.37. The van der Waals surface area contributed by atoms with E-state index in [0.717, 1.165) is 40.4 Å². The fraction of sp³-hybridized carbons (Fsp3) is 0.400. The lowest BCUT2D eigenvalue weighted by Crippen LogP contribution is -1.97. The molecule has 0 atom stereocenters. The van der Waals surface area contributed by atoms with E-state index in [-0.39, 0.29) is 0 Å². The van der Waals surface area contributed by atoms with E-state index < -0.39 is 0 Å². The molecular weight excluding hydrogens is 352 g/mol. The molecule has 0 saturated carbocycles. The van der Waals surface area contributed by atoms with Crippen LogP contribution in [-0.4, -0.2) is 23.0 Å². The monoisotopic (exact) mass is 368 g/mol. The summed E-state index contributed by atoms with van der Waals surface area (Å²) in [6.45, 7) is 3.44. The first-order valence-electron chi connectivity index (χ1n) is 6.85. The second kappa shape index (κ2) is 6.32. The van der Waals surface area contributed by atoms with Crippen LogP contribution in [0.25, 0.3) is 0 Å². The minimum Gasteiger partial charge on any atom is -0.490 e. The number of thioether (sulfide) groups is 1. The number of benzene rings is 1. The zero-order valence-corrected chi connectivity index (χ0v) is 14.5. The lowest BCUT2D eigenvalue weighted by atomic mass is 10.3. The van der Waals surface area contributed by atoms with E-state index in [9.17, 15) is 0 Å². The topological polar surface area (TPSA) is 36.3 Å². The van der Waals surface area contributed by atoms with Crippen molar-refractivity contribution in [2.45, 2.75) is 24.0 Å². The van der Waals surface area contributed by atoms with Crippen molar-refractivity contribution < 1.29 is 9.47 Å². The normalized spacial score (nSPS) is 14.0. The second-order valence-corrected chi connectivity index (χ2v) is 6.76. The van der Waals surface area contributed by atoms with Gasteiger partial charge >= 0.3 is 0 Å². The Kier molecular flexibility index (Phi) is 4.45. The summed E-state index contributed by atoms with van der Waals surface area (Å²) in [4.78, 5) is 1.17. The lowest BCUT2D eigenvalue weighted by molar-refractivity contribution is 0.297. The van der Waals surface area contributed by atoms with Crippen LogP contribution in [0.1, 0.15) is 17.8 Å². The minimum absolute atomic E-state index is 0.716. The number of rotatable bonds is 3. The van der Waals surface area contributed by atoms with E-state index in [1.54, 1.807) is 11.8 Å². The SMILES string of the molecule is Cc1nn(C)c(CSc2ccc3c(c2)OCCCO3)c1Br. The van der Waals surface area contributed by atoms with E-state index in [1.807, 2.05) is 24.7 Å². The molecule has 1 aromatic heterocycles. The molecule has 112 valence electrons. The van der Waals surface area contributed by atoms with Crippen molar-refractivity contribution in [3.8, 4) is 11.5 Å². The smallest absolute Gasteiger partial charge is 0.162 e. The Morgan fingerprint density at radius 1 is 1.29 bits per heavy atom. The number of aromatic nitrogens is 2. The highest BCUT2D eigenvalue weighted by atomic mass is 79.9. The Balaban J connectivity index is 1.75. The summed E-state index contributed by atoms with van der Waals surface area (Å²) in [7, 11) is 1.97. The molecule has 0 fully saturated rings. The molecule has 0 radical (unpaired) electrons. The van der Waals surface area contributed by atoms with Crippen molar-refractivity contribution in [3.05, 3.63) is 34.1 Å². The number of aryl methyl sites for hydroxylation is 2. The van der Waals surface area contributed by atoms with Gasteiger partial charge in [0.05, 0.1) is 29.1 Å². The van der Waals surface area contributed by atoms with Gasteiger partial charge in [0, 0.05) is 24.1 Å². The Bertz CT molecular complexity index is 657. The fourth-order valence-corrected chi connectivity index (χ4v) is 3.87. The van der Waals surface area contributed by atoms with Crippen molar-refractivity contribution in [3.63, 3.8) is 0 Å². The van der Waals surface area contributed by atoms with Crippen molar-refractivity contribution in [1.82, 2.24) is 9.78 Å². The van der Waals surface area contributed by atoms with Crippen LogP contribution in [0.5, 0.6) is 11.5 Å². The van der Waals surface area contributed by atoms with Gasteiger partial charge in [0.25, 0.3) is 0 Å². The highest BCUT2D eigenvalue weighted by Crippen LogP contribution is 2.35. The fourth-order valence-electron chi connectivity index (χ4n) is 2.22. The van der Waals surface area contributed by atoms with Crippen molar-refractivity contribution in [2.75, 3.05) is 13.2 Å². The Labute approximate surface area is 136 Å². The van der Waals surface area contributed by atoms with Crippen LogP contribution in [0.3, 0.4) is 0 Å². The number of nitrogens with zero attached hydrogens (tertiary/aromatic N) is 2. The standard InChI is InChI=1S/C15H17BrN2O2S/c1-10-15(16)12(18(2)17-10)9-21-11-4-5-13-14(8-11)20-7-3-6-19-13/h4-5,8H,3,6-7,9H2,1-2H3. The van der Waals surface area contributed by atoms with Gasteiger partial charge in [-0.3, -0.25) is 4.68 Å². The Hall–Kier alpha value is -1.14. The van der Waals surface area contributed by atoms with E-state index >= 15 is 0 Å². The summed E-state index contributed by atoms with van der Waals surface area (Å²) in [6, 6.07) is 6.13. The van der Waals surface area contributed by atoms with Crippen LogP contribution in [0, 0.1) is 6.92 Å². The summed E-state index contributed by atoms with van der Waals surface area (Å²) in [5.74, 6) is 2.55. The van der Waals surface area contributed by atoms with Crippen molar-refractivity contribution >= 4 is 27.7 Å². The van der Waals surface area contributed by atoms with E-state index in [2.05, 4.69) is 33.2 Å². The van der Waals surface area contributed by atoms with Gasteiger partial charge in [-0.15, -0.1) is 11.8 Å². The molecule has 0 spiro atoms. The molecule has 1 aliphatic rings. The molecule has 2 heterocycles. The molecule has 0 N–H and O–H groups in total. The maximum Gasteiger partial charge on any atom is 0.162 e. The van der Waals surface area contributed by atoms with Gasteiger partial charge in [-0.2, -0.15) is 5.10 Å². The molecular formula is C15H17BrN2O2S. The molecule has 1 aliphatic heterocycles. The van der Waals surface area contributed by atoms with Gasteiger partial charge in [-0.05, 0) is 41.1 Å². The van der Waals surface area contributed by atoms with Crippen LogP contribution in [0.15, 0.2) is 27.6 Å². The number of hydrogen-bond acceptors (Lipinski definition) is 4. The van der Waals surface area contributed by atoms with Gasteiger partial charge in [-0.25, -0.2) is 0 Å². The third kappa shape index (κ3) is 3.21. The molecule has 6 heteroatoms. The van der Waals surface area contributed by atoms with Crippen molar-refractivity contribution in [1.29, 1.82) is 0 Å². The summed E-state index contributed by atoms with van der Waals surface area (Å²) in [5, 5.41) is 4.42. The molecule has 3 rings (SSSR count). The van der Waals surface area contributed by atoms with E-state index in [1.165, 1.54) is 10.6 Å². The third-order valence-corrected chi connectivity index (χ3v) is 5.39. The largest absolute Gasteiger partial charge is 0.490 e. The minimum atomic E-state index is 0.716. The van der Waals surface area contributed by atoms with Gasteiger partial charge < -0.3 is 9.47 Å². The highest BCUT2D eigenvalue weighted by molar-refractivity contribution is 9.10. The summed E-state index contributed by atoms with van der Waals surface area (Å²) in [6.07, 6.45) is 0.929. The number of halogens is 1. The first kappa shape index (κ1) is 14.8. The first-order chi connectivity index (χ1) is 10.1. The lowest BCUT2D eigenvalue weighted by Gasteiger charge is -2.09. The van der Waals surface area contributed by atoms with Gasteiger partial charge in [0.1, 0.15) is 0 Å². The van der Waals surface area contributed by atoms with E-state index in [4.69, 9.17) is 9.47 Å².